The summed E-state index contributed by atoms with van der Waals surface area (Å²) in [5.41, 5.74) is 5.05. The Morgan fingerprint density at radius 3 is 2.24 bits per heavy atom. The minimum atomic E-state index is -0.323. The fourth-order valence-corrected chi connectivity index (χ4v) is 3.41. The first-order valence-electron chi connectivity index (χ1n) is 9.20. The van der Waals surface area contributed by atoms with Crippen molar-refractivity contribution < 1.29 is 0 Å². The lowest BCUT2D eigenvalue weighted by molar-refractivity contribution is 0.871. The van der Waals surface area contributed by atoms with Crippen LogP contribution < -0.4 is 5.69 Å². The van der Waals surface area contributed by atoms with Gasteiger partial charge in [0.05, 0.1) is 11.4 Å². The van der Waals surface area contributed by atoms with Gasteiger partial charge in [-0.2, -0.15) is 5.10 Å². The van der Waals surface area contributed by atoms with E-state index in [1.165, 1.54) is 6.33 Å². The van der Waals surface area contributed by atoms with Gasteiger partial charge < -0.3 is 0 Å². The first kappa shape index (κ1) is 17.1. The molecule has 1 atom stereocenters. The van der Waals surface area contributed by atoms with Crippen LogP contribution in [-0.4, -0.2) is 35.1 Å². The molecule has 5 rings (SSSR count). The zero-order valence-corrected chi connectivity index (χ0v) is 15.5. The van der Waals surface area contributed by atoms with Crippen molar-refractivity contribution in [3.8, 4) is 22.6 Å². The molecule has 0 saturated heterocycles. The summed E-state index contributed by atoms with van der Waals surface area (Å²) in [6.45, 7) is 2.09. The summed E-state index contributed by atoms with van der Waals surface area (Å²) >= 11 is 0. The first-order chi connectivity index (χ1) is 14.2. The second-order valence-corrected chi connectivity index (χ2v) is 6.78. The number of hydrogen-bond acceptors (Lipinski definition) is 5. The lowest BCUT2D eigenvalue weighted by Crippen LogP contribution is -2.05. The van der Waals surface area contributed by atoms with Gasteiger partial charge in [0.2, 0.25) is 0 Å². The third-order valence-electron chi connectivity index (χ3n) is 4.94. The van der Waals surface area contributed by atoms with E-state index in [1.54, 1.807) is 0 Å². The zero-order chi connectivity index (χ0) is 19.8. The summed E-state index contributed by atoms with van der Waals surface area (Å²) in [6, 6.07) is 18.0. The molecular weight excluding hydrogens is 366 g/mol. The first-order valence-corrected chi connectivity index (χ1v) is 9.20. The number of nitrogens with zero attached hydrogens (tertiary/aromatic N) is 4. The van der Waals surface area contributed by atoms with E-state index in [2.05, 4.69) is 44.2 Å². The Bertz CT molecular complexity index is 1320. The minimum Gasteiger partial charge on any atom is -0.289 e. The van der Waals surface area contributed by atoms with Crippen molar-refractivity contribution in [3.05, 3.63) is 82.7 Å². The highest BCUT2D eigenvalue weighted by molar-refractivity contribution is 5.74. The fraction of sp³-hybridized carbons (Fsp3) is 0.0952. The molecule has 0 amide bonds. The highest BCUT2D eigenvalue weighted by Gasteiger charge is 2.19. The van der Waals surface area contributed by atoms with E-state index in [0.29, 0.717) is 17.1 Å². The average Bonchev–Trinajstić information content (AvgIpc) is 3.42. The molecule has 0 aliphatic carbocycles. The van der Waals surface area contributed by atoms with E-state index >= 15 is 0 Å². The normalized spacial score (nSPS) is 12.3. The summed E-state index contributed by atoms with van der Waals surface area (Å²) in [5.74, 6) is 0.696. The van der Waals surface area contributed by atoms with E-state index in [0.717, 1.165) is 28.1 Å². The van der Waals surface area contributed by atoms with Crippen molar-refractivity contribution in [2.24, 2.45) is 0 Å². The summed E-state index contributed by atoms with van der Waals surface area (Å²) in [5, 5.41) is 6.75. The van der Waals surface area contributed by atoms with E-state index in [9.17, 15) is 4.79 Å². The molecule has 0 bridgehead atoms. The maximum atomic E-state index is 11.8. The van der Waals surface area contributed by atoms with Crippen LogP contribution in [0.5, 0.6) is 0 Å². The molecule has 0 saturated carbocycles. The minimum absolute atomic E-state index is 0.00421. The lowest BCUT2D eigenvalue weighted by Gasteiger charge is -2.15. The number of aromatic nitrogens is 7. The summed E-state index contributed by atoms with van der Waals surface area (Å²) in [7, 11) is 0. The molecule has 3 aromatic heterocycles. The number of benzene rings is 2. The van der Waals surface area contributed by atoms with Crippen LogP contribution in [0.3, 0.4) is 0 Å². The summed E-state index contributed by atoms with van der Waals surface area (Å²) in [6.07, 6.45) is 1.48. The van der Waals surface area contributed by atoms with Crippen LogP contribution in [0.25, 0.3) is 33.9 Å². The molecule has 29 heavy (non-hydrogen) atoms. The molecule has 2 aromatic carbocycles. The van der Waals surface area contributed by atoms with Gasteiger partial charge in [-0.05, 0) is 5.56 Å². The van der Waals surface area contributed by atoms with Crippen LogP contribution in [0.15, 0.2) is 65.7 Å². The molecule has 0 radical (unpaired) electrons. The van der Waals surface area contributed by atoms with E-state index in [1.807, 2.05) is 42.5 Å². The van der Waals surface area contributed by atoms with Crippen LogP contribution >= 0.6 is 0 Å². The van der Waals surface area contributed by atoms with Crippen LogP contribution in [0, 0.1) is 0 Å². The van der Waals surface area contributed by atoms with E-state index < -0.39 is 0 Å². The molecular formula is C21H17N7O. The van der Waals surface area contributed by atoms with Gasteiger partial charge in [-0.1, -0.05) is 61.5 Å². The smallest absolute Gasteiger partial charge is 0.289 e. The number of hydrogen-bond donors (Lipinski definition) is 3. The molecule has 0 fully saturated rings. The number of H-pyrrole nitrogens is 3. The maximum absolute atomic E-state index is 11.8. The van der Waals surface area contributed by atoms with E-state index in [4.69, 9.17) is 9.97 Å². The van der Waals surface area contributed by atoms with Gasteiger partial charge in [0.1, 0.15) is 6.33 Å². The largest absolute Gasteiger partial charge is 0.326 e. The predicted octanol–water partition coefficient (Wildman–Crippen LogP) is 3.25. The molecule has 0 aliphatic heterocycles. The second-order valence-electron chi connectivity index (χ2n) is 6.78. The Hall–Kier alpha value is -4.07. The topological polar surface area (TPSA) is 116 Å². The molecule has 5 aromatic rings. The molecule has 8 nitrogen and oxygen atoms in total. The SMILES string of the molecule is C[C@@H](c1ccccc1)c1nc2[nH]c(=O)[nH]c2nc1-c1ccc(-c2ncn[nH]2)cc1. The van der Waals surface area contributed by atoms with E-state index in [-0.39, 0.29) is 11.6 Å². The van der Waals surface area contributed by atoms with Crippen LogP contribution in [-0.2, 0) is 0 Å². The molecule has 0 unspecified atom stereocenters. The van der Waals surface area contributed by atoms with Gasteiger partial charge in [-0.3, -0.25) is 15.1 Å². The van der Waals surface area contributed by atoms with Crippen LogP contribution in [0.2, 0.25) is 0 Å². The number of nitrogens with one attached hydrogen (secondary N) is 3. The average molecular weight is 383 g/mol. The third kappa shape index (κ3) is 3.10. The van der Waals surface area contributed by atoms with Gasteiger partial charge in [0.15, 0.2) is 17.1 Å². The van der Waals surface area contributed by atoms with Crippen molar-refractivity contribution in [1.82, 2.24) is 35.1 Å². The lowest BCUT2D eigenvalue weighted by atomic mass is 9.93. The van der Waals surface area contributed by atoms with Gasteiger partial charge in [-0.25, -0.2) is 19.7 Å². The molecule has 3 heterocycles. The van der Waals surface area contributed by atoms with Crippen molar-refractivity contribution in [2.75, 3.05) is 0 Å². The van der Waals surface area contributed by atoms with Gasteiger partial charge >= 0.3 is 5.69 Å². The van der Waals surface area contributed by atoms with Gasteiger partial charge in [0.25, 0.3) is 0 Å². The standard InChI is InChI=1S/C21H17N7O/c1-12(13-5-3-2-4-6-13)16-17(25-20-19(24-16)26-21(29)27-20)14-7-9-15(10-8-14)18-22-11-23-28-18/h2-12H,1H3,(H,22,23,28)(H2,24,25,26,27,29)/t12-/m0/s1. The third-order valence-corrected chi connectivity index (χ3v) is 4.94. The van der Waals surface area contributed by atoms with Gasteiger partial charge in [0, 0.05) is 17.0 Å². The molecule has 0 aliphatic rings. The van der Waals surface area contributed by atoms with Gasteiger partial charge in [-0.15, -0.1) is 0 Å². The molecule has 3 N–H and O–H groups in total. The summed E-state index contributed by atoms with van der Waals surface area (Å²) < 4.78 is 0. The van der Waals surface area contributed by atoms with Crippen molar-refractivity contribution >= 4 is 11.3 Å². The van der Waals surface area contributed by atoms with Crippen LogP contribution in [0.4, 0.5) is 0 Å². The monoisotopic (exact) mass is 383 g/mol. The molecule has 8 heteroatoms. The second kappa shape index (κ2) is 6.83. The highest BCUT2D eigenvalue weighted by Crippen LogP contribution is 2.32. The Morgan fingerprint density at radius 2 is 1.55 bits per heavy atom. The Morgan fingerprint density at radius 1 is 0.862 bits per heavy atom. The number of aromatic amines is 3. The Kier molecular flexibility index (Phi) is 4.02. The number of rotatable bonds is 4. The fourth-order valence-electron chi connectivity index (χ4n) is 3.41. The Balaban J connectivity index is 1.66. The number of fused-ring (bicyclic) bond motifs is 1. The predicted molar refractivity (Wildman–Crippen MR) is 109 cm³/mol. The number of imidazole rings is 1. The maximum Gasteiger partial charge on any atom is 0.326 e. The summed E-state index contributed by atoms with van der Waals surface area (Å²) in [4.78, 5) is 30.8. The van der Waals surface area contributed by atoms with Crippen molar-refractivity contribution in [3.63, 3.8) is 0 Å². The Labute approximate surface area is 165 Å². The molecule has 142 valence electrons. The van der Waals surface area contributed by atoms with Crippen molar-refractivity contribution in [1.29, 1.82) is 0 Å². The zero-order valence-electron chi connectivity index (χ0n) is 15.5. The quantitative estimate of drug-likeness (QED) is 0.440. The van der Waals surface area contributed by atoms with Crippen molar-refractivity contribution in [2.45, 2.75) is 12.8 Å². The van der Waals surface area contributed by atoms with Crippen LogP contribution in [0.1, 0.15) is 24.1 Å². The highest BCUT2D eigenvalue weighted by atomic mass is 16.1. The molecule has 0 spiro atoms.